The molecular formula is C12H16FN3O2. The van der Waals surface area contributed by atoms with Gasteiger partial charge in [-0.2, -0.15) is 0 Å². The summed E-state index contributed by atoms with van der Waals surface area (Å²) in [5, 5.41) is 5.19. The fourth-order valence-electron chi connectivity index (χ4n) is 1.28. The van der Waals surface area contributed by atoms with E-state index in [9.17, 15) is 14.0 Å². The predicted octanol–water partition coefficient (Wildman–Crippen LogP) is 1.84. The van der Waals surface area contributed by atoms with Crippen molar-refractivity contribution < 1.29 is 14.0 Å². The van der Waals surface area contributed by atoms with Gasteiger partial charge in [-0.3, -0.25) is 4.79 Å². The first-order valence-corrected chi connectivity index (χ1v) is 5.61. The Kier molecular flexibility index (Phi) is 4.65. The topological polar surface area (TPSA) is 84.2 Å². The Balaban J connectivity index is 2.76. The van der Waals surface area contributed by atoms with Crippen LogP contribution in [0.4, 0.5) is 14.9 Å². The van der Waals surface area contributed by atoms with Crippen molar-refractivity contribution in [2.75, 3.05) is 5.32 Å². The zero-order valence-corrected chi connectivity index (χ0v) is 10.3. The molecule has 98 valence electrons. The van der Waals surface area contributed by atoms with E-state index in [0.717, 1.165) is 12.5 Å². The normalized spacial score (nSPS) is 11.7. The van der Waals surface area contributed by atoms with Crippen LogP contribution in [-0.4, -0.2) is 18.0 Å². The Labute approximate surface area is 105 Å². The van der Waals surface area contributed by atoms with Crippen molar-refractivity contribution >= 4 is 17.6 Å². The van der Waals surface area contributed by atoms with Crippen LogP contribution in [0.15, 0.2) is 18.2 Å². The van der Waals surface area contributed by atoms with E-state index in [1.54, 1.807) is 0 Å². The molecule has 0 heterocycles. The summed E-state index contributed by atoms with van der Waals surface area (Å²) < 4.78 is 13.2. The van der Waals surface area contributed by atoms with Crippen molar-refractivity contribution in [1.29, 1.82) is 0 Å². The van der Waals surface area contributed by atoms with E-state index in [0.29, 0.717) is 5.69 Å². The fourth-order valence-corrected chi connectivity index (χ4v) is 1.28. The van der Waals surface area contributed by atoms with Crippen LogP contribution < -0.4 is 16.4 Å². The van der Waals surface area contributed by atoms with Gasteiger partial charge in [-0.05, 0) is 31.5 Å². The molecule has 1 unspecified atom stereocenters. The molecule has 0 aliphatic carbocycles. The van der Waals surface area contributed by atoms with E-state index < -0.39 is 17.8 Å². The molecule has 0 bridgehead atoms. The first-order valence-electron chi connectivity index (χ1n) is 5.61. The Morgan fingerprint density at radius 1 is 1.44 bits per heavy atom. The monoisotopic (exact) mass is 253 g/mol. The van der Waals surface area contributed by atoms with Crippen LogP contribution in [0.5, 0.6) is 0 Å². The molecule has 18 heavy (non-hydrogen) atoms. The van der Waals surface area contributed by atoms with Crippen molar-refractivity contribution in [3.05, 3.63) is 29.6 Å². The maximum atomic E-state index is 13.2. The number of nitrogens with one attached hydrogen (secondary N) is 2. The molecule has 3 amide bonds. The lowest BCUT2D eigenvalue weighted by molar-refractivity contribution is 0.0996. The molecule has 5 nitrogen and oxygen atoms in total. The number of anilines is 1. The largest absolute Gasteiger partial charge is 0.366 e. The maximum Gasteiger partial charge on any atom is 0.319 e. The van der Waals surface area contributed by atoms with Gasteiger partial charge in [-0.25, -0.2) is 9.18 Å². The minimum absolute atomic E-state index is 0.0288. The summed E-state index contributed by atoms with van der Waals surface area (Å²) in [6.07, 6.45) is 0.795. The summed E-state index contributed by atoms with van der Waals surface area (Å²) in [6.45, 7) is 3.80. The maximum absolute atomic E-state index is 13.2. The van der Waals surface area contributed by atoms with Gasteiger partial charge in [0.1, 0.15) is 5.82 Å². The number of carbonyl (C=O) groups excluding carboxylic acids is 2. The predicted molar refractivity (Wildman–Crippen MR) is 66.8 cm³/mol. The zero-order chi connectivity index (χ0) is 13.7. The summed E-state index contributed by atoms with van der Waals surface area (Å²) >= 11 is 0. The third kappa shape index (κ3) is 3.73. The summed E-state index contributed by atoms with van der Waals surface area (Å²) in [7, 11) is 0. The molecule has 6 heteroatoms. The summed E-state index contributed by atoms with van der Waals surface area (Å²) in [4.78, 5) is 22.5. The number of benzene rings is 1. The molecule has 0 saturated carbocycles. The standard InChI is InChI=1S/C12H16FN3O2/c1-3-7(2)15-12(18)16-8-4-5-10(13)9(6-8)11(14)17/h4-7H,3H2,1-2H3,(H2,14,17)(H2,15,16,18). The second kappa shape index (κ2) is 6.00. The highest BCUT2D eigenvalue weighted by Crippen LogP contribution is 2.14. The molecule has 4 N–H and O–H groups in total. The van der Waals surface area contributed by atoms with Gasteiger partial charge in [0.15, 0.2) is 0 Å². The molecule has 0 fully saturated rings. The molecule has 0 saturated heterocycles. The Morgan fingerprint density at radius 3 is 2.67 bits per heavy atom. The van der Waals surface area contributed by atoms with Gasteiger partial charge < -0.3 is 16.4 Å². The van der Waals surface area contributed by atoms with Crippen LogP contribution >= 0.6 is 0 Å². The number of carbonyl (C=O) groups is 2. The van der Waals surface area contributed by atoms with Crippen molar-refractivity contribution in [3.63, 3.8) is 0 Å². The summed E-state index contributed by atoms with van der Waals surface area (Å²) in [6, 6.07) is 3.26. The Morgan fingerprint density at radius 2 is 2.11 bits per heavy atom. The van der Waals surface area contributed by atoms with E-state index in [2.05, 4.69) is 10.6 Å². The minimum Gasteiger partial charge on any atom is -0.366 e. The van der Waals surface area contributed by atoms with Crippen LogP contribution in [0.25, 0.3) is 0 Å². The van der Waals surface area contributed by atoms with Gasteiger partial charge in [0.25, 0.3) is 5.91 Å². The number of rotatable bonds is 4. The number of halogens is 1. The fraction of sp³-hybridized carbons (Fsp3) is 0.333. The van der Waals surface area contributed by atoms with Crippen molar-refractivity contribution in [3.8, 4) is 0 Å². The minimum atomic E-state index is -0.876. The molecule has 1 aromatic carbocycles. The van der Waals surface area contributed by atoms with E-state index in [4.69, 9.17) is 5.73 Å². The highest BCUT2D eigenvalue weighted by molar-refractivity contribution is 5.96. The highest BCUT2D eigenvalue weighted by atomic mass is 19.1. The lowest BCUT2D eigenvalue weighted by Crippen LogP contribution is -2.35. The van der Waals surface area contributed by atoms with E-state index in [1.165, 1.54) is 12.1 Å². The van der Waals surface area contributed by atoms with Gasteiger partial charge in [0, 0.05) is 11.7 Å². The number of primary amides is 1. The summed E-state index contributed by atoms with van der Waals surface area (Å²) in [5.74, 6) is -1.59. The highest BCUT2D eigenvalue weighted by Gasteiger charge is 2.11. The van der Waals surface area contributed by atoms with Crippen molar-refractivity contribution in [2.45, 2.75) is 26.3 Å². The first-order chi connectivity index (χ1) is 8.43. The number of amides is 3. The molecule has 0 aliphatic heterocycles. The van der Waals surface area contributed by atoms with Crippen LogP contribution in [0.2, 0.25) is 0 Å². The lowest BCUT2D eigenvalue weighted by Gasteiger charge is -2.12. The molecule has 1 aromatic rings. The number of urea groups is 1. The van der Waals surface area contributed by atoms with Crippen molar-refractivity contribution in [2.24, 2.45) is 5.73 Å². The van der Waals surface area contributed by atoms with Gasteiger partial charge in [0.2, 0.25) is 0 Å². The van der Waals surface area contributed by atoms with Crippen LogP contribution in [0.3, 0.4) is 0 Å². The third-order valence-electron chi connectivity index (χ3n) is 2.48. The molecule has 0 aliphatic rings. The number of hydrogen-bond acceptors (Lipinski definition) is 2. The van der Waals surface area contributed by atoms with Gasteiger partial charge in [0.05, 0.1) is 5.56 Å². The molecule has 0 spiro atoms. The van der Waals surface area contributed by atoms with Crippen molar-refractivity contribution in [1.82, 2.24) is 5.32 Å². The van der Waals surface area contributed by atoms with E-state index in [-0.39, 0.29) is 11.6 Å². The molecule has 1 rings (SSSR count). The van der Waals surface area contributed by atoms with Crippen LogP contribution in [0, 0.1) is 5.82 Å². The third-order valence-corrected chi connectivity index (χ3v) is 2.48. The second-order valence-electron chi connectivity index (χ2n) is 3.97. The summed E-state index contributed by atoms with van der Waals surface area (Å²) in [5.41, 5.74) is 5.07. The van der Waals surface area contributed by atoms with Gasteiger partial charge in [-0.1, -0.05) is 6.92 Å². The molecule has 1 atom stereocenters. The molecular weight excluding hydrogens is 237 g/mol. The van der Waals surface area contributed by atoms with Gasteiger partial charge >= 0.3 is 6.03 Å². The van der Waals surface area contributed by atoms with Crippen LogP contribution in [-0.2, 0) is 0 Å². The average molecular weight is 253 g/mol. The zero-order valence-electron chi connectivity index (χ0n) is 10.3. The second-order valence-corrected chi connectivity index (χ2v) is 3.97. The Hall–Kier alpha value is -2.11. The quantitative estimate of drug-likeness (QED) is 0.765. The van der Waals surface area contributed by atoms with Gasteiger partial charge in [-0.15, -0.1) is 0 Å². The van der Waals surface area contributed by atoms with Crippen LogP contribution in [0.1, 0.15) is 30.6 Å². The van der Waals surface area contributed by atoms with E-state index in [1.807, 2.05) is 13.8 Å². The van der Waals surface area contributed by atoms with E-state index >= 15 is 0 Å². The molecule has 0 aromatic heterocycles. The SMILES string of the molecule is CCC(C)NC(=O)Nc1ccc(F)c(C(N)=O)c1. The average Bonchev–Trinajstić information content (AvgIpc) is 2.31. The number of hydrogen-bond donors (Lipinski definition) is 3. The smallest absolute Gasteiger partial charge is 0.319 e. The number of nitrogens with two attached hydrogens (primary N) is 1. The molecule has 0 radical (unpaired) electrons. The lowest BCUT2D eigenvalue weighted by atomic mass is 10.2. The Bertz CT molecular complexity index is 463. The first kappa shape index (κ1) is 14.0.